The Morgan fingerprint density at radius 3 is 2.67 bits per heavy atom. The summed E-state index contributed by atoms with van der Waals surface area (Å²) in [7, 11) is 0. The van der Waals surface area contributed by atoms with E-state index in [1.165, 1.54) is 40.4 Å². The van der Waals surface area contributed by atoms with Crippen LogP contribution in [-0.4, -0.2) is 38.6 Å². The molecule has 1 fully saturated rings. The van der Waals surface area contributed by atoms with E-state index in [1.807, 2.05) is 30.3 Å². The Morgan fingerprint density at radius 2 is 1.90 bits per heavy atom. The van der Waals surface area contributed by atoms with Gasteiger partial charge in [0.15, 0.2) is 4.34 Å². The predicted molar refractivity (Wildman–Crippen MR) is 157 cm³/mol. The number of rotatable bonds is 10. The minimum absolute atomic E-state index is 0.0395. The largest absolute Gasteiger partial charge is 0.507 e. The van der Waals surface area contributed by atoms with Crippen LogP contribution in [0.2, 0.25) is 5.02 Å². The van der Waals surface area contributed by atoms with Crippen LogP contribution in [0.4, 0.5) is 5.13 Å². The summed E-state index contributed by atoms with van der Waals surface area (Å²) in [6, 6.07) is 17.0. The molecule has 1 atom stereocenters. The zero-order chi connectivity index (χ0) is 28.1. The first-order valence-corrected chi connectivity index (χ1v) is 14.8. The lowest BCUT2D eigenvalue weighted by Gasteiger charge is -2.23. The van der Waals surface area contributed by atoms with Gasteiger partial charge in [-0.3, -0.25) is 19.5 Å². The molecular weight excluding hydrogens is 568 g/mol. The summed E-state index contributed by atoms with van der Waals surface area (Å²) < 4.78 is 6.51. The first-order valence-electron chi connectivity index (χ1n) is 12.6. The lowest BCUT2D eigenvalue weighted by atomic mass is 9.95. The molecule has 2 aromatic heterocycles. The highest BCUT2D eigenvalue weighted by atomic mass is 35.5. The van der Waals surface area contributed by atoms with Crippen LogP contribution in [0.5, 0.6) is 5.75 Å². The van der Waals surface area contributed by atoms with Crippen LogP contribution in [0.15, 0.2) is 83.0 Å². The van der Waals surface area contributed by atoms with E-state index in [1.54, 1.807) is 30.3 Å². The summed E-state index contributed by atoms with van der Waals surface area (Å²) >= 11 is 8.92. The number of carbonyl (C=O) groups is 2. The molecule has 0 spiro atoms. The number of carbonyl (C=O) groups excluding carboxylic acids is 2. The SMILES string of the molecule is CCCCOc1cccc(C2C(=C(O)c3ccncc3)C(=O)C(=O)N2c2nnc(SCc3ccccc3Cl)s2)c1. The van der Waals surface area contributed by atoms with E-state index in [9.17, 15) is 14.7 Å². The number of ether oxygens (including phenoxy) is 1. The number of aliphatic hydroxyl groups excluding tert-OH is 1. The summed E-state index contributed by atoms with van der Waals surface area (Å²) in [6.07, 6.45) is 4.90. The Bertz CT molecular complexity index is 1560. The molecule has 11 heteroatoms. The van der Waals surface area contributed by atoms with Crippen molar-refractivity contribution >= 4 is 57.3 Å². The number of ketones is 1. The normalized spacial score (nSPS) is 16.4. The Hall–Kier alpha value is -3.73. The maximum Gasteiger partial charge on any atom is 0.301 e. The van der Waals surface area contributed by atoms with Gasteiger partial charge in [-0.1, -0.05) is 78.4 Å². The van der Waals surface area contributed by atoms with Crippen molar-refractivity contribution in [1.29, 1.82) is 0 Å². The first-order chi connectivity index (χ1) is 19.5. The van der Waals surface area contributed by atoms with Gasteiger partial charge < -0.3 is 9.84 Å². The van der Waals surface area contributed by atoms with Gasteiger partial charge in [0.1, 0.15) is 11.5 Å². The third-order valence-electron chi connectivity index (χ3n) is 6.25. The molecule has 3 heterocycles. The average Bonchev–Trinajstić information content (AvgIpc) is 3.55. The molecule has 1 unspecified atom stereocenters. The molecule has 0 saturated carbocycles. The van der Waals surface area contributed by atoms with Crippen molar-refractivity contribution in [3.8, 4) is 5.75 Å². The van der Waals surface area contributed by atoms with Crippen LogP contribution >= 0.6 is 34.7 Å². The molecule has 1 N–H and O–H groups in total. The summed E-state index contributed by atoms with van der Waals surface area (Å²) in [4.78, 5) is 32.2. The van der Waals surface area contributed by atoms with E-state index in [4.69, 9.17) is 16.3 Å². The van der Waals surface area contributed by atoms with Crippen LogP contribution < -0.4 is 9.64 Å². The monoisotopic (exact) mass is 592 g/mol. The van der Waals surface area contributed by atoms with Gasteiger partial charge in [-0.15, -0.1) is 10.2 Å². The molecular formula is C29H25ClN4O4S2. The van der Waals surface area contributed by atoms with Gasteiger partial charge in [-0.25, -0.2) is 0 Å². The number of benzene rings is 2. The number of unbranched alkanes of at least 4 members (excludes halogenated alkanes) is 1. The predicted octanol–water partition coefficient (Wildman–Crippen LogP) is 6.68. The van der Waals surface area contributed by atoms with Crippen LogP contribution in [-0.2, 0) is 15.3 Å². The second-order valence-electron chi connectivity index (χ2n) is 8.91. The van der Waals surface area contributed by atoms with E-state index in [-0.39, 0.29) is 16.5 Å². The molecule has 1 aliphatic heterocycles. The van der Waals surface area contributed by atoms with Crippen molar-refractivity contribution in [2.45, 2.75) is 35.9 Å². The van der Waals surface area contributed by atoms with E-state index in [0.29, 0.717) is 38.6 Å². The number of anilines is 1. The number of amides is 1. The van der Waals surface area contributed by atoms with Gasteiger partial charge in [0.2, 0.25) is 5.13 Å². The minimum Gasteiger partial charge on any atom is -0.507 e. The number of nitrogens with zero attached hydrogens (tertiary/aromatic N) is 4. The topological polar surface area (TPSA) is 106 Å². The van der Waals surface area contributed by atoms with Crippen molar-refractivity contribution in [2.75, 3.05) is 11.5 Å². The zero-order valence-corrected chi connectivity index (χ0v) is 23.9. The van der Waals surface area contributed by atoms with Gasteiger partial charge >= 0.3 is 5.91 Å². The Balaban J connectivity index is 1.53. The Labute approximate surface area is 244 Å². The highest BCUT2D eigenvalue weighted by molar-refractivity contribution is 8.00. The van der Waals surface area contributed by atoms with E-state index < -0.39 is 17.7 Å². The first kappa shape index (κ1) is 27.8. The Kier molecular flexibility index (Phi) is 8.78. The highest BCUT2D eigenvalue weighted by Crippen LogP contribution is 2.44. The maximum absolute atomic E-state index is 13.5. The van der Waals surface area contributed by atoms with Crippen molar-refractivity contribution in [2.24, 2.45) is 0 Å². The van der Waals surface area contributed by atoms with Crippen LogP contribution in [0, 0.1) is 0 Å². The molecule has 4 aromatic rings. The van der Waals surface area contributed by atoms with E-state index >= 15 is 0 Å². The van der Waals surface area contributed by atoms with Crippen LogP contribution in [0.1, 0.15) is 42.5 Å². The quantitative estimate of drug-likeness (QED) is 0.0542. The fraction of sp³-hybridized carbons (Fsp3) is 0.207. The van der Waals surface area contributed by atoms with Gasteiger partial charge in [0, 0.05) is 28.7 Å². The zero-order valence-electron chi connectivity index (χ0n) is 21.5. The third-order valence-corrected chi connectivity index (χ3v) is 8.72. The molecule has 0 aliphatic carbocycles. The van der Waals surface area contributed by atoms with Crippen LogP contribution in [0.3, 0.4) is 0 Å². The molecule has 1 saturated heterocycles. The van der Waals surface area contributed by atoms with Crippen molar-refractivity contribution < 1.29 is 19.4 Å². The maximum atomic E-state index is 13.5. The molecule has 5 rings (SSSR count). The minimum atomic E-state index is -0.933. The van der Waals surface area contributed by atoms with Gasteiger partial charge in [-0.2, -0.15) is 0 Å². The molecule has 8 nitrogen and oxygen atoms in total. The lowest BCUT2D eigenvalue weighted by molar-refractivity contribution is -0.132. The number of hydrogen-bond acceptors (Lipinski definition) is 9. The third kappa shape index (κ3) is 5.89. The Morgan fingerprint density at radius 1 is 1.10 bits per heavy atom. The molecule has 204 valence electrons. The van der Waals surface area contributed by atoms with Gasteiger partial charge in [-0.05, 0) is 47.9 Å². The number of hydrogen-bond donors (Lipinski definition) is 1. The summed E-state index contributed by atoms with van der Waals surface area (Å²) in [5, 5.41) is 20.7. The molecule has 0 radical (unpaired) electrons. The summed E-state index contributed by atoms with van der Waals surface area (Å²) in [5.74, 6) is -0.721. The van der Waals surface area contributed by atoms with Crippen molar-refractivity contribution in [3.05, 3.63) is 100 Å². The number of halogens is 1. The standard InChI is InChI=1S/C29H25ClN4O4S2/c1-2-3-15-38-21-9-6-8-19(16-21)24-23(25(35)18-11-13-31-14-12-18)26(36)27(37)34(24)28-32-33-29(40-28)39-17-20-7-4-5-10-22(20)30/h4-14,16,24,35H,2-3,15,17H2,1H3. The second-order valence-corrected chi connectivity index (χ2v) is 11.5. The number of thioether (sulfide) groups is 1. The molecule has 40 heavy (non-hydrogen) atoms. The average molecular weight is 593 g/mol. The fourth-order valence-corrected chi connectivity index (χ4v) is 6.39. The van der Waals surface area contributed by atoms with Gasteiger partial charge in [0.05, 0.1) is 18.2 Å². The molecule has 0 bridgehead atoms. The molecule has 1 aliphatic rings. The smallest absolute Gasteiger partial charge is 0.301 e. The van der Waals surface area contributed by atoms with E-state index in [2.05, 4.69) is 22.1 Å². The number of aromatic nitrogens is 3. The highest BCUT2D eigenvalue weighted by Gasteiger charge is 2.48. The fourth-order valence-electron chi connectivity index (χ4n) is 4.23. The van der Waals surface area contributed by atoms with Crippen molar-refractivity contribution in [3.63, 3.8) is 0 Å². The number of aliphatic hydroxyl groups is 1. The van der Waals surface area contributed by atoms with Gasteiger partial charge in [0.25, 0.3) is 5.78 Å². The molecule has 1 amide bonds. The van der Waals surface area contributed by atoms with Crippen LogP contribution in [0.25, 0.3) is 5.76 Å². The second kappa shape index (κ2) is 12.6. The number of pyridine rings is 1. The van der Waals surface area contributed by atoms with Crippen molar-refractivity contribution in [1.82, 2.24) is 15.2 Å². The van der Waals surface area contributed by atoms with E-state index in [0.717, 1.165) is 18.4 Å². The molecule has 2 aromatic carbocycles. The summed E-state index contributed by atoms with van der Waals surface area (Å²) in [6.45, 7) is 2.62. The number of Topliss-reactive ketones (excluding diaryl/α,β-unsaturated/α-hetero) is 1. The lowest BCUT2D eigenvalue weighted by Crippen LogP contribution is -2.29. The summed E-state index contributed by atoms with van der Waals surface area (Å²) in [5.41, 5.74) is 1.89.